The van der Waals surface area contributed by atoms with E-state index in [1.807, 2.05) is 4.68 Å². The number of aromatic nitrogens is 4. The maximum atomic E-state index is 5.54. The Kier molecular flexibility index (Phi) is 4.28. The monoisotopic (exact) mass is 217 g/mol. The first-order chi connectivity index (χ1) is 6.42. The lowest BCUT2D eigenvalue weighted by Crippen LogP contribution is -2.18. The van der Waals surface area contributed by atoms with Crippen molar-refractivity contribution in [2.75, 3.05) is 0 Å². The molecule has 0 unspecified atom stereocenters. The van der Waals surface area contributed by atoms with E-state index >= 15 is 0 Å². The van der Waals surface area contributed by atoms with Crippen molar-refractivity contribution < 1.29 is 0 Å². The number of hydrogen-bond donors (Lipinski definition) is 1. The normalized spacial score (nSPS) is 17.8. The highest BCUT2D eigenvalue weighted by molar-refractivity contribution is 5.85. The molecule has 0 radical (unpaired) electrons. The average Bonchev–Trinajstić information content (AvgIpc) is 2.67. The van der Waals surface area contributed by atoms with Gasteiger partial charge in [0.05, 0.1) is 12.6 Å². The number of rotatable bonds is 2. The van der Waals surface area contributed by atoms with Crippen LogP contribution in [-0.2, 0) is 6.54 Å². The van der Waals surface area contributed by atoms with E-state index in [0.717, 1.165) is 5.82 Å². The van der Waals surface area contributed by atoms with Gasteiger partial charge in [-0.25, -0.2) is 4.68 Å². The first-order valence-corrected chi connectivity index (χ1v) is 4.88. The minimum absolute atomic E-state index is 0. The summed E-state index contributed by atoms with van der Waals surface area (Å²) in [5, 5.41) is 11.5. The Bertz CT molecular complexity index is 268. The molecule has 1 aliphatic rings. The molecule has 14 heavy (non-hydrogen) atoms. The molecule has 0 amide bonds. The molecular weight excluding hydrogens is 202 g/mol. The third-order valence-electron chi connectivity index (χ3n) is 2.66. The molecule has 0 atom stereocenters. The molecule has 1 aromatic rings. The number of tetrazole rings is 1. The van der Waals surface area contributed by atoms with Crippen LogP contribution in [0.15, 0.2) is 0 Å². The summed E-state index contributed by atoms with van der Waals surface area (Å²) in [5.41, 5.74) is 5.54. The second-order valence-electron chi connectivity index (χ2n) is 3.54. The summed E-state index contributed by atoms with van der Waals surface area (Å²) < 4.78 is 1.90. The summed E-state index contributed by atoms with van der Waals surface area (Å²) in [6.07, 6.45) is 6.30. The Morgan fingerprint density at radius 2 is 2.00 bits per heavy atom. The molecule has 0 aliphatic heterocycles. The lowest BCUT2D eigenvalue weighted by atomic mass is 9.96. The Morgan fingerprint density at radius 3 is 2.64 bits per heavy atom. The van der Waals surface area contributed by atoms with Gasteiger partial charge < -0.3 is 5.73 Å². The maximum absolute atomic E-state index is 5.54. The molecule has 2 N–H and O–H groups in total. The van der Waals surface area contributed by atoms with Gasteiger partial charge in [0.2, 0.25) is 0 Å². The zero-order valence-corrected chi connectivity index (χ0v) is 8.91. The van der Waals surface area contributed by atoms with Gasteiger partial charge in [0.1, 0.15) is 0 Å². The minimum Gasteiger partial charge on any atom is -0.324 e. The quantitative estimate of drug-likeness (QED) is 0.804. The fourth-order valence-electron chi connectivity index (χ4n) is 1.96. The topological polar surface area (TPSA) is 69.6 Å². The molecule has 1 aliphatic carbocycles. The van der Waals surface area contributed by atoms with Crippen molar-refractivity contribution in [1.29, 1.82) is 0 Å². The molecular formula is C8H16ClN5. The molecule has 1 aromatic heterocycles. The minimum atomic E-state index is 0. The number of halogens is 1. The molecule has 0 saturated heterocycles. The molecule has 1 heterocycles. The summed E-state index contributed by atoms with van der Waals surface area (Å²) >= 11 is 0. The molecule has 80 valence electrons. The number of nitrogens with zero attached hydrogens (tertiary/aromatic N) is 4. The Morgan fingerprint density at radius 1 is 1.29 bits per heavy atom. The Balaban J connectivity index is 0.000000980. The number of hydrogen-bond acceptors (Lipinski definition) is 4. The van der Waals surface area contributed by atoms with Crippen molar-refractivity contribution in [2.24, 2.45) is 5.73 Å². The van der Waals surface area contributed by atoms with E-state index in [-0.39, 0.29) is 12.4 Å². The van der Waals surface area contributed by atoms with E-state index in [1.54, 1.807) is 0 Å². The maximum Gasteiger partial charge on any atom is 0.165 e. The van der Waals surface area contributed by atoms with Crippen LogP contribution in [0.4, 0.5) is 0 Å². The van der Waals surface area contributed by atoms with Crippen LogP contribution in [0.3, 0.4) is 0 Å². The standard InChI is InChI=1S/C8H15N5.ClH/c9-6-8-10-11-12-13(8)7-4-2-1-3-5-7;/h7H,1-6,9H2;1H. The third kappa shape index (κ3) is 2.22. The largest absolute Gasteiger partial charge is 0.324 e. The zero-order valence-electron chi connectivity index (χ0n) is 8.09. The molecule has 1 saturated carbocycles. The van der Waals surface area contributed by atoms with Crippen molar-refractivity contribution in [3.63, 3.8) is 0 Å². The highest BCUT2D eigenvalue weighted by atomic mass is 35.5. The third-order valence-corrected chi connectivity index (χ3v) is 2.66. The van der Waals surface area contributed by atoms with E-state index in [2.05, 4.69) is 15.5 Å². The second kappa shape index (κ2) is 5.26. The van der Waals surface area contributed by atoms with Crippen molar-refractivity contribution in [2.45, 2.75) is 44.7 Å². The first kappa shape index (κ1) is 11.4. The van der Waals surface area contributed by atoms with E-state index in [4.69, 9.17) is 5.73 Å². The Hall–Kier alpha value is -0.680. The summed E-state index contributed by atoms with van der Waals surface area (Å²) in [6.45, 7) is 0.434. The van der Waals surface area contributed by atoms with Gasteiger partial charge in [-0.3, -0.25) is 0 Å². The average molecular weight is 218 g/mol. The first-order valence-electron chi connectivity index (χ1n) is 4.88. The van der Waals surface area contributed by atoms with Crippen LogP contribution in [0.25, 0.3) is 0 Å². The second-order valence-corrected chi connectivity index (χ2v) is 3.54. The molecule has 6 heteroatoms. The van der Waals surface area contributed by atoms with Crippen LogP contribution >= 0.6 is 12.4 Å². The van der Waals surface area contributed by atoms with Gasteiger partial charge in [0.15, 0.2) is 5.82 Å². The van der Waals surface area contributed by atoms with Gasteiger partial charge in [-0.2, -0.15) is 0 Å². The molecule has 5 nitrogen and oxygen atoms in total. The van der Waals surface area contributed by atoms with Gasteiger partial charge in [-0.15, -0.1) is 17.5 Å². The van der Waals surface area contributed by atoms with E-state index in [9.17, 15) is 0 Å². The van der Waals surface area contributed by atoms with Crippen LogP contribution in [0.1, 0.15) is 44.0 Å². The molecule has 0 spiro atoms. The van der Waals surface area contributed by atoms with Gasteiger partial charge in [-0.05, 0) is 23.3 Å². The van der Waals surface area contributed by atoms with Crippen LogP contribution in [0.2, 0.25) is 0 Å². The van der Waals surface area contributed by atoms with Gasteiger partial charge in [-0.1, -0.05) is 19.3 Å². The van der Waals surface area contributed by atoms with E-state index in [0.29, 0.717) is 12.6 Å². The van der Waals surface area contributed by atoms with Crippen molar-refractivity contribution in [3.8, 4) is 0 Å². The van der Waals surface area contributed by atoms with E-state index in [1.165, 1.54) is 32.1 Å². The highest BCUT2D eigenvalue weighted by Crippen LogP contribution is 2.27. The molecule has 2 rings (SSSR count). The zero-order chi connectivity index (χ0) is 9.10. The summed E-state index contributed by atoms with van der Waals surface area (Å²) in [4.78, 5) is 0. The van der Waals surface area contributed by atoms with Crippen LogP contribution in [0, 0.1) is 0 Å². The van der Waals surface area contributed by atoms with E-state index < -0.39 is 0 Å². The molecule has 1 fully saturated rings. The molecule has 0 bridgehead atoms. The predicted molar refractivity (Wildman–Crippen MR) is 55.1 cm³/mol. The lowest BCUT2D eigenvalue weighted by molar-refractivity contribution is 0.317. The smallest absolute Gasteiger partial charge is 0.165 e. The fraction of sp³-hybridized carbons (Fsp3) is 0.875. The fourth-order valence-corrected chi connectivity index (χ4v) is 1.96. The van der Waals surface area contributed by atoms with Gasteiger partial charge >= 0.3 is 0 Å². The van der Waals surface area contributed by atoms with Crippen LogP contribution < -0.4 is 5.73 Å². The highest BCUT2D eigenvalue weighted by Gasteiger charge is 2.18. The SMILES string of the molecule is Cl.NCc1nnnn1C1CCCCC1. The summed E-state index contributed by atoms with van der Waals surface area (Å²) in [6, 6.07) is 0.488. The Labute approximate surface area is 89.5 Å². The van der Waals surface area contributed by atoms with Crippen LogP contribution in [0.5, 0.6) is 0 Å². The van der Waals surface area contributed by atoms with Gasteiger partial charge in [0, 0.05) is 0 Å². The van der Waals surface area contributed by atoms with Crippen LogP contribution in [-0.4, -0.2) is 20.2 Å². The van der Waals surface area contributed by atoms with Crippen molar-refractivity contribution in [1.82, 2.24) is 20.2 Å². The summed E-state index contributed by atoms with van der Waals surface area (Å²) in [5.74, 6) is 0.812. The lowest BCUT2D eigenvalue weighted by Gasteiger charge is -2.21. The number of nitrogens with two attached hydrogens (primary N) is 1. The summed E-state index contributed by atoms with van der Waals surface area (Å²) in [7, 11) is 0. The predicted octanol–water partition coefficient (Wildman–Crippen LogP) is 1.06. The molecule has 0 aromatic carbocycles. The van der Waals surface area contributed by atoms with Crippen molar-refractivity contribution >= 4 is 12.4 Å². The van der Waals surface area contributed by atoms with Crippen molar-refractivity contribution in [3.05, 3.63) is 5.82 Å². The van der Waals surface area contributed by atoms with Gasteiger partial charge in [0.25, 0.3) is 0 Å².